The van der Waals surface area contributed by atoms with Gasteiger partial charge in [0.2, 0.25) is 0 Å². The number of nitrogens with two attached hydrogens (primary N) is 1. The molecule has 0 aliphatic heterocycles. The van der Waals surface area contributed by atoms with Gasteiger partial charge in [-0.15, -0.1) is 0 Å². The van der Waals surface area contributed by atoms with Gasteiger partial charge in [-0.05, 0) is 25.1 Å². The van der Waals surface area contributed by atoms with Crippen molar-refractivity contribution in [2.75, 3.05) is 6.54 Å². The van der Waals surface area contributed by atoms with Crippen LogP contribution in [0.15, 0.2) is 33.8 Å². The van der Waals surface area contributed by atoms with E-state index < -0.39 is 0 Å². The lowest BCUT2D eigenvalue weighted by molar-refractivity contribution is 0.602. The van der Waals surface area contributed by atoms with Crippen molar-refractivity contribution in [2.45, 2.75) is 6.42 Å². The van der Waals surface area contributed by atoms with Crippen LogP contribution in [0.25, 0.3) is 22.4 Å². The fourth-order valence-electron chi connectivity index (χ4n) is 2.22. The highest BCUT2D eigenvalue weighted by atomic mass is 16.3. The van der Waals surface area contributed by atoms with Crippen molar-refractivity contribution < 1.29 is 4.42 Å². The minimum atomic E-state index is -0.0434. The van der Waals surface area contributed by atoms with Crippen molar-refractivity contribution in [3.05, 3.63) is 40.5 Å². The minimum Gasteiger partial charge on any atom is -0.443 e. The Morgan fingerprint density at radius 3 is 3.11 bits per heavy atom. The number of hydrogen-bond donors (Lipinski definition) is 2. The maximum Gasteiger partial charge on any atom is 0.270 e. The summed E-state index contributed by atoms with van der Waals surface area (Å²) in [6.45, 7) is 0.435. The number of fused-ring (bicyclic) bond motifs is 1. The number of oxazole rings is 1. The number of nitrogens with one attached hydrogen (secondary N) is 1. The van der Waals surface area contributed by atoms with E-state index in [0.717, 1.165) is 16.8 Å². The Hall–Kier alpha value is -2.34. The fraction of sp³-hybridized carbons (Fsp3) is 0.231. The first-order chi connectivity index (χ1) is 9.20. The van der Waals surface area contributed by atoms with E-state index in [0.29, 0.717) is 24.1 Å². The lowest BCUT2D eigenvalue weighted by Gasteiger charge is -2.01. The van der Waals surface area contributed by atoms with Crippen LogP contribution in [0.5, 0.6) is 0 Å². The molecule has 0 aliphatic rings. The zero-order valence-corrected chi connectivity index (χ0v) is 10.5. The molecule has 2 heterocycles. The van der Waals surface area contributed by atoms with E-state index in [1.807, 2.05) is 18.2 Å². The van der Waals surface area contributed by atoms with Crippen LogP contribution < -0.4 is 11.3 Å². The molecule has 0 spiro atoms. The number of benzene rings is 1. The lowest BCUT2D eigenvalue weighted by Crippen LogP contribution is -2.17. The Balaban J connectivity index is 2.19. The van der Waals surface area contributed by atoms with Gasteiger partial charge < -0.3 is 10.2 Å². The molecule has 0 unspecified atom stereocenters. The molecule has 0 radical (unpaired) electrons. The molecule has 0 fully saturated rings. The Kier molecular flexibility index (Phi) is 2.72. The van der Waals surface area contributed by atoms with E-state index in [2.05, 4.69) is 10.1 Å². The monoisotopic (exact) mass is 258 g/mol. The normalized spacial score (nSPS) is 11.3. The van der Waals surface area contributed by atoms with Crippen molar-refractivity contribution in [3.8, 4) is 11.3 Å². The molecular formula is C13H14N4O2. The van der Waals surface area contributed by atoms with E-state index in [4.69, 9.17) is 10.2 Å². The van der Waals surface area contributed by atoms with Gasteiger partial charge in [-0.25, -0.2) is 4.98 Å². The van der Waals surface area contributed by atoms with Crippen LogP contribution in [0.1, 0.15) is 5.56 Å². The third-order valence-electron chi connectivity index (χ3n) is 3.16. The molecule has 0 bridgehead atoms. The van der Waals surface area contributed by atoms with Crippen molar-refractivity contribution in [1.29, 1.82) is 0 Å². The van der Waals surface area contributed by atoms with E-state index >= 15 is 0 Å². The van der Waals surface area contributed by atoms with Gasteiger partial charge in [-0.1, -0.05) is 6.07 Å². The highest BCUT2D eigenvalue weighted by Crippen LogP contribution is 2.24. The van der Waals surface area contributed by atoms with E-state index in [1.165, 1.54) is 11.1 Å². The number of H-pyrrole nitrogens is 1. The average Bonchev–Trinajstić information content (AvgIpc) is 2.98. The van der Waals surface area contributed by atoms with Gasteiger partial charge in [-0.3, -0.25) is 14.6 Å². The summed E-state index contributed by atoms with van der Waals surface area (Å²) in [4.78, 5) is 16.1. The van der Waals surface area contributed by atoms with Gasteiger partial charge in [0, 0.05) is 18.2 Å². The van der Waals surface area contributed by atoms with Crippen LogP contribution in [0.4, 0.5) is 0 Å². The lowest BCUT2D eigenvalue weighted by atomic mass is 10.1. The van der Waals surface area contributed by atoms with Crippen molar-refractivity contribution >= 4 is 11.1 Å². The van der Waals surface area contributed by atoms with Gasteiger partial charge in [-0.2, -0.15) is 0 Å². The van der Waals surface area contributed by atoms with E-state index in [1.54, 1.807) is 7.05 Å². The van der Waals surface area contributed by atoms with Gasteiger partial charge in [0.1, 0.15) is 5.52 Å². The van der Waals surface area contributed by atoms with Crippen LogP contribution in [0.2, 0.25) is 0 Å². The number of aromatic nitrogens is 3. The van der Waals surface area contributed by atoms with Crippen LogP contribution in [-0.4, -0.2) is 21.3 Å². The van der Waals surface area contributed by atoms with Crippen LogP contribution in [-0.2, 0) is 13.5 Å². The molecule has 0 atom stereocenters. The number of aryl methyl sites for hydroxylation is 1. The molecule has 19 heavy (non-hydrogen) atoms. The van der Waals surface area contributed by atoms with Crippen LogP contribution in [0.3, 0.4) is 0 Å². The maximum atomic E-state index is 12.0. The molecule has 6 nitrogen and oxygen atoms in total. The molecule has 0 amide bonds. The van der Waals surface area contributed by atoms with Gasteiger partial charge in [0.15, 0.2) is 12.0 Å². The molecule has 3 aromatic rings. The Morgan fingerprint density at radius 1 is 1.47 bits per heavy atom. The molecule has 2 aromatic heterocycles. The Morgan fingerprint density at radius 2 is 2.32 bits per heavy atom. The minimum absolute atomic E-state index is 0.0434. The summed E-state index contributed by atoms with van der Waals surface area (Å²) in [5, 5.41) is 3.06. The average molecular weight is 258 g/mol. The SMILES string of the molecule is Cn1[nH]c(-c2ccc3ncoc3c2)c(CCN)c1=O. The quantitative estimate of drug-likeness (QED) is 0.734. The maximum absolute atomic E-state index is 12.0. The topological polar surface area (TPSA) is 89.8 Å². The standard InChI is InChI=1S/C13H14N4O2/c1-17-13(18)9(4-5-14)12(16-17)8-2-3-10-11(6-8)19-7-15-10/h2-3,6-7,16H,4-5,14H2,1H3. The molecule has 1 aromatic carbocycles. The number of rotatable bonds is 3. The molecule has 3 N–H and O–H groups in total. The first kappa shape index (κ1) is 11.7. The van der Waals surface area contributed by atoms with Crippen molar-refractivity contribution in [2.24, 2.45) is 12.8 Å². The largest absolute Gasteiger partial charge is 0.443 e. The number of aromatic amines is 1. The van der Waals surface area contributed by atoms with Crippen LogP contribution >= 0.6 is 0 Å². The van der Waals surface area contributed by atoms with Crippen molar-refractivity contribution in [1.82, 2.24) is 14.8 Å². The van der Waals surface area contributed by atoms with Gasteiger partial charge in [0.05, 0.1) is 5.69 Å². The predicted octanol–water partition coefficient (Wildman–Crippen LogP) is 1.02. The smallest absolute Gasteiger partial charge is 0.270 e. The zero-order chi connectivity index (χ0) is 13.4. The second kappa shape index (κ2) is 4.40. The molecule has 0 saturated carbocycles. The van der Waals surface area contributed by atoms with E-state index in [-0.39, 0.29) is 5.56 Å². The summed E-state index contributed by atoms with van der Waals surface area (Å²) < 4.78 is 6.75. The second-order valence-electron chi connectivity index (χ2n) is 4.40. The predicted molar refractivity (Wildman–Crippen MR) is 71.8 cm³/mol. The summed E-state index contributed by atoms with van der Waals surface area (Å²) >= 11 is 0. The molecule has 98 valence electrons. The third kappa shape index (κ3) is 1.86. The summed E-state index contributed by atoms with van der Waals surface area (Å²) in [5.41, 5.74) is 9.39. The molecule has 6 heteroatoms. The van der Waals surface area contributed by atoms with Gasteiger partial charge in [0.25, 0.3) is 5.56 Å². The third-order valence-corrected chi connectivity index (χ3v) is 3.16. The van der Waals surface area contributed by atoms with Crippen molar-refractivity contribution in [3.63, 3.8) is 0 Å². The number of nitrogens with zero attached hydrogens (tertiary/aromatic N) is 2. The van der Waals surface area contributed by atoms with Gasteiger partial charge >= 0.3 is 0 Å². The Bertz CT molecular complexity index is 781. The zero-order valence-electron chi connectivity index (χ0n) is 10.5. The Labute approximate surface area is 108 Å². The second-order valence-corrected chi connectivity index (χ2v) is 4.40. The fourth-order valence-corrected chi connectivity index (χ4v) is 2.22. The molecule has 0 saturated heterocycles. The molecular weight excluding hydrogens is 244 g/mol. The summed E-state index contributed by atoms with van der Waals surface area (Å²) in [7, 11) is 1.69. The van der Waals surface area contributed by atoms with E-state index in [9.17, 15) is 4.79 Å². The summed E-state index contributed by atoms with van der Waals surface area (Å²) in [6, 6.07) is 5.65. The number of hydrogen-bond acceptors (Lipinski definition) is 4. The summed E-state index contributed by atoms with van der Waals surface area (Å²) in [6.07, 6.45) is 1.95. The van der Waals surface area contributed by atoms with Crippen LogP contribution in [0, 0.1) is 0 Å². The summed E-state index contributed by atoms with van der Waals surface area (Å²) in [5.74, 6) is 0. The highest BCUT2D eigenvalue weighted by Gasteiger charge is 2.14. The first-order valence-corrected chi connectivity index (χ1v) is 6.02. The first-order valence-electron chi connectivity index (χ1n) is 6.02. The highest BCUT2D eigenvalue weighted by molar-refractivity contribution is 5.79. The molecule has 0 aliphatic carbocycles. The molecule has 3 rings (SSSR count).